The normalized spacial score (nSPS) is 15.6. The van der Waals surface area contributed by atoms with Crippen LogP contribution in [0.4, 0.5) is 0 Å². The number of thioether (sulfide) groups is 4. The first kappa shape index (κ1) is 128. The highest BCUT2D eigenvalue weighted by Crippen LogP contribution is 2.43. The van der Waals surface area contributed by atoms with Crippen molar-refractivity contribution in [3.8, 4) is 0 Å². The number of unbranched alkanes of at least 4 members (excludes halogenated alkanes) is 2. The molecule has 0 rings (SSSR count). The molecule has 0 heterocycles. The van der Waals surface area contributed by atoms with Crippen molar-refractivity contribution in [2.24, 2.45) is 32.5 Å². The summed E-state index contributed by atoms with van der Waals surface area (Å²) in [6, 6.07) is -0.554. The van der Waals surface area contributed by atoms with Crippen LogP contribution < -0.4 is 42.5 Å². The predicted molar refractivity (Wildman–Crippen MR) is 537 cm³/mol. The second-order valence-corrected chi connectivity index (χ2v) is 61.6. The Labute approximate surface area is 754 Å². The van der Waals surface area contributed by atoms with Crippen molar-refractivity contribution in [1.82, 2.24) is 42.5 Å². The Balaban J connectivity index is -0.000000319. The van der Waals surface area contributed by atoms with Crippen LogP contribution in [0.15, 0.2) is 0 Å². The van der Waals surface area contributed by atoms with E-state index in [2.05, 4.69) is 319 Å². The standard InChI is InChI=1S/2C18H38N2O.2C17H35NOS.2C15H31NOS/c2*1-16(2,3)15(21)14(20-18(7,8)9)12-10-11-13-19-17(4,5)6;2*1-14(2,3)13(19)12(18-15(4,5)6)17(10,11)20-16(7,8)9;2*1-13(2,3)12(17)11(16-14(4,5)6)10-18-15(7,8)9/h2*14,19-20H,10-13H2,1-9H3;2*12,18H,1-11H3;2*11,16H,10H2,1-9H3/t14-;;12-;;11-;/m0.0.1./s1. The molecule has 0 fully saturated rings. The number of rotatable bonds is 30. The average molecular weight is 1750 g/mol. The average Bonchev–Trinajstić information content (AvgIpc) is 0.775. The Morgan fingerprint density at radius 2 is 0.390 bits per heavy atom. The molecular weight excluding hydrogens is 1540 g/mol. The van der Waals surface area contributed by atoms with Gasteiger partial charge in [-0.1, -0.05) is 221 Å². The molecule has 0 saturated carbocycles. The number of hydrogen-bond acceptors (Lipinski definition) is 18. The van der Waals surface area contributed by atoms with E-state index in [0.29, 0.717) is 23.1 Å². The molecule has 0 aromatic rings. The van der Waals surface area contributed by atoms with Crippen molar-refractivity contribution in [3.63, 3.8) is 0 Å². The molecule has 18 heteroatoms. The van der Waals surface area contributed by atoms with E-state index in [-0.39, 0.29) is 153 Å². The highest BCUT2D eigenvalue weighted by Gasteiger charge is 2.46. The summed E-state index contributed by atoms with van der Waals surface area (Å²) >= 11 is 7.42. The predicted octanol–water partition coefficient (Wildman–Crippen LogP) is 25.0. The largest absolute Gasteiger partial charge is 0.312 e. The van der Waals surface area contributed by atoms with Crippen LogP contribution in [0.1, 0.15) is 440 Å². The second-order valence-electron chi connectivity index (χ2n) is 53.0. The third-order valence-electron chi connectivity index (χ3n) is 16.9. The summed E-state index contributed by atoms with van der Waals surface area (Å²) in [5.41, 5.74) is -1.78. The van der Waals surface area contributed by atoms with Crippen molar-refractivity contribution < 1.29 is 28.8 Å². The van der Waals surface area contributed by atoms with Gasteiger partial charge in [0.05, 0.1) is 36.3 Å². The van der Waals surface area contributed by atoms with Crippen molar-refractivity contribution in [2.75, 3.05) is 24.6 Å². The maximum atomic E-state index is 12.9. The first-order valence-electron chi connectivity index (χ1n) is 44.9. The van der Waals surface area contributed by atoms with Crippen LogP contribution in [0.25, 0.3) is 0 Å². The quantitative estimate of drug-likeness (QED) is 0.0316. The van der Waals surface area contributed by atoms with Crippen molar-refractivity contribution >= 4 is 81.7 Å². The molecule has 6 atom stereocenters. The lowest BCUT2D eigenvalue weighted by Gasteiger charge is -2.43. The Kier molecular flexibility index (Phi) is 53.1. The number of carbonyl (C=O) groups excluding carboxylic acids is 6. The first-order valence-corrected chi connectivity index (χ1v) is 48.5. The zero-order valence-corrected chi connectivity index (χ0v) is 92.9. The van der Waals surface area contributed by atoms with E-state index < -0.39 is 0 Å². The minimum absolute atomic E-state index is 0.0325. The van der Waals surface area contributed by atoms with Gasteiger partial charge in [0.25, 0.3) is 0 Å². The van der Waals surface area contributed by atoms with Gasteiger partial charge in [-0.05, 0) is 233 Å². The molecule has 0 aliphatic heterocycles. The maximum Gasteiger partial charge on any atom is 0.156 e. The van der Waals surface area contributed by atoms with Gasteiger partial charge >= 0.3 is 0 Å². The van der Waals surface area contributed by atoms with E-state index in [0.717, 1.165) is 63.1 Å². The second kappa shape index (κ2) is 49.0. The minimum Gasteiger partial charge on any atom is -0.312 e. The molecule has 0 aromatic heterocycles. The van der Waals surface area contributed by atoms with E-state index in [4.69, 9.17) is 0 Å². The van der Waals surface area contributed by atoms with Crippen molar-refractivity contribution in [2.45, 2.75) is 549 Å². The highest BCUT2D eigenvalue weighted by molar-refractivity contribution is 8.02. The minimum atomic E-state index is -0.335. The van der Waals surface area contributed by atoms with Gasteiger partial charge in [-0.2, -0.15) is 23.5 Å². The summed E-state index contributed by atoms with van der Waals surface area (Å²) in [5.74, 6) is 3.47. The lowest BCUT2D eigenvalue weighted by molar-refractivity contribution is -0.130. The monoisotopic (exact) mass is 1750 g/mol. The van der Waals surface area contributed by atoms with Crippen molar-refractivity contribution in [1.29, 1.82) is 0 Å². The van der Waals surface area contributed by atoms with E-state index in [1.165, 1.54) is 0 Å². The number of carbonyl (C=O) groups is 6. The number of ketones is 6. The van der Waals surface area contributed by atoms with Crippen LogP contribution in [0, 0.1) is 32.5 Å². The SMILES string of the molecule is CC(C)(C)NC(C(=O)C(C)(C)C)C(C)(C)SC(C)(C)C.CC(C)(C)NC(CSC(C)(C)C)C(=O)C(C)(C)C.CC(C)(C)NCCCCC(NC(C)(C)C)C(=O)C(C)(C)C.CC(C)(C)NCCCC[C@H](NC(C)(C)C)C(=O)C(C)(C)C.CC(C)(C)N[C@@H](C(=O)C(C)(C)C)C(C)(C)SC(C)(C)C.CC(C)(C)N[C@H](CSC(C)(C)C)C(=O)C(C)(C)C. The summed E-state index contributed by atoms with van der Waals surface area (Å²) in [6.45, 7) is 124. The Hall–Kier alpha value is -0.900. The highest BCUT2D eigenvalue weighted by atomic mass is 32.2. The molecule has 0 aliphatic carbocycles. The smallest absolute Gasteiger partial charge is 0.156 e. The molecule has 0 spiro atoms. The summed E-state index contributed by atoms with van der Waals surface area (Å²) < 4.78 is 0.316. The van der Waals surface area contributed by atoms with Gasteiger partial charge in [-0.25, -0.2) is 0 Å². The molecule has 708 valence electrons. The van der Waals surface area contributed by atoms with Gasteiger partial charge in [-0.15, -0.1) is 23.5 Å². The fourth-order valence-corrected chi connectivity index (χ4v) is 17.7. The van der Waals surface area contributed by atoms with Gasteiger partial charge in [0.1, 0.15) is 0 Å². The van der Waals surface area contributed by atoms with Gasteiger partial charge in [0.2, 0.25) is 0 Å². The molecule has 8 N–H and O–H groups in total. The number of Topliss-reactive ketones (excluding diaryl/α,β-unsaturated/α-hetero) is 6. The molecule has 118 heavy (non-hydrogen) atoms. The maximum absolute atomic E-state index is 12.9. The summed E-state index contributed by atoms with van der Waals surface area (Å²) in [5, 5.41) is 28.0. The Morgan fingerprint density at radius 3 is 0.542 bits per heavy atom. The zero-order chi connectivity index (χ0) is 96.5. The molecule has 0 radical (unpaired) electrons. The molecule has 3 unspecified atom stereocenters. The third kappa shape index (κ3) is 73.2. The van der Waals surface area contributed by atoms with E-state index in [1.54, 1.807) is 0 Å². The van der Waals surface area contributed by atoms with Crippen LogP contribution in [0.2, 0.25) is 0 Å². The van der Waals surface area contributed by atoms with E-state index >= 15 is 0 Å². The molecule has 0 aromatic carbocycles. The Bertz CT molecular complexity index is 2690. The topological polar surface area (TPSA) is 199 Å². The fraction of sp³-hybridized carbons (Fsp3) is 0.940. The summed E-state index contributed by atoms with van der Waals surface area (Å²) in [4.78, 5) is 75.9. The van der Waals surface area contributed by atoms with Gasteiger partial charge in [0, 0.05) is 117 Å². The molecule has 14 nitrogen and oxygen atoms in total. The zero-order valence-electron chi connectivity index (χ0n) is 89.6. The Morgan fingerprint density at radius 1 is 0.212 bits per heavy atom. The molecular formula is C100H208N8O6S4. The number of nitrogens with one attached hydrogen (secondary N) is 8. The van der Waals surface area contributed by atoms with Crippen molar-refractivity contribution in [3.05, 3.63) is 0 Å². The number of hydrogen-bond donors (Lipinski definition) is 8. The van der Waals surface area contributed by atoms with Crippen LogP contribution in [0.5, 0.6) is 0 Å². The lowest BCUT2D eigenvalue weighted by atomic mass is 9.81. The lowest BCUT2D eigenvalue weighted by Crippen LogP contribution is -2.59. The molecule has 0 amide bonds. The van der Waals surface area contributed by atoms with Gasteiger partial charge in [-0.3, -0.25) is 28.8 Å². The van der Waals surface area contributed by atoms with E-state index in [9.17, 15) is 28.8 Å². The third-order valence-corrected chi connectivity index (χ3v) is 22.3. The summed E-state index contributed by atoms with van der Waals surface area (Å²) in [7, 11) is 0. The fourth-order valence-electron chi connectivity index (χ4n) is 12.2. The molecule has 0 saturated heterocycles. The first-order chi connectivity index (χ1) is 50.8. The van der Waals surface area contributed by atoms with Crippen LogP contribution in [-0.2, 0) is 28.8 Å². The van der Waals surface area contributed by atoms with Gasteiger partial charge < -0.3 is 42.5 Å². The van der Waals surface area contributed by atoms with Crippen LogP contribution in [-0.4, -0.2) is 168 Å². The van der Waals surface area contributed by atoms with Gasteiger partial charge in [0.15, 0.2) is 34.7 Å². The molecule has 0 aliphatic rings. The molecule has 0 bridgehead atoms. The summed E-state index contributed by atoms with van der Waals surface area (Å²) in [6.07, 6.45) is 6.18. The van der Waals surface area contributed by atoms with E-state index in [1.807, 2.05) is 172 Å². The van der Waals surface area contributed by atoms with Crippen LogP contribution in [0.3, 0.4) is 0 Å². The van der Waals surface area contributed by atoms with Crippen LogP contribution >= 0.6 is 47.0 Å².